The van der Waals surface area contributed by atoms with Gasteiger partial charge in [-0.1, -0.05) is 12.7 Å². The topological polar surface area (TPSA) is 104 Å². The van der Waals surface area contributed by atoms with Gasteiger partial charge in [0.2, 0.25) is 10.0 Å². The Kier molecular flexibility index (Phi) is 5.07. The molecule has 1 N–H and O–H groups in total. The molecule has 0 radical (unpaired) electrons. The molecular formula is C13H20N2O6S. The average molecular weight is 332 g/mol. The summed E-state index contributed by atoms with van der Waals surface area (Å²) in [6.07, 6.45) is 2.49. The summed E-state index contributed by atoms with van der Waals surface area (Å²) in [5.74, 6) is -1.32. The molecule has 0 aromatic rings. The quantitative estimate of drug-likeness (QED) is 0.724. The van der Waals surface area contributed by atoms with Crippen LogP contribution in [0.15, 0.2) is 12.7 Å². The fourth-order valence-corrected chi connectivity index (χ4v) is 4.64. The molecule has 2 aliphatic heterocycles. The molecule has 0 saturated carbocycles. The van der Waals surface area contributed by atoms with Crippen molar-refractivity contribution in [1.29, 1.82) is 0 Å². The minimum atomic E-state index is -3.84. The smallest absolute Gasteiger partial charge is 0.410 e. The van der Waals surface area contributed by atoms with Gasteiger partial charge in [0.25, 0.3) is 0 Å². The first kappa shape index (κ1) is 16.8. The minimum absolute atomic E-state index is 0.0747. The van der Waals surface area contributed by atoms with Crippen molar-refractivity contribution in [2.24, 2.45) is 0 Å². The standard InChI is InChI=1S/C13H20N2O6S/c1-2-8-21-13(18)15-6-3-4-10(15)9-14-7-5-11(12(16)17)22(14,19)20/h2,10-11H,1,3-9H2,(H,16,17)/t10-,11?/m1/s1. The summed E-state index contributed by atoms with van der Waals surface area (Å²) in [6, 6.07) is -0.278. The van der Waals surface area contributed by atoms with Crippen LogP contribution in [-0.2, 0) is 19.6 Å². The number of hydrogen-bond donors (Lipinski definition) is 1. The summed E-state index contributed by atoms with van der Waals surface area (Å²) in [6.45, 7) is 4.37. The lowest BCUT2D eigenvalue weighted by molar-refractivity contribution is -0.136. The Bertz CT molecular complexity index is 561. The number of likely N-dealkylation sites (tertiary alicyclic amines) is 1. The average Bonchev–Trinajstić information content (AvgIpc) is 3.01. The molecular weight excluding hydrogens is 312 g/mol. The number of aliphatic carboxylic acids is 1. The van der Waals surface area contributed by atoms with Crippen molar-refractivity contribution < 1.29 is 27.9 Å². The van der Waals surface area contributed by atoms with Crippen LogP contribution in [0.5, 0.6) is 0 Å². The third-order valence-electron chi connectivity index (χ3n) is 3.99. The molecule has 2 aliphatic rings. The second kappa shape index (κ2) is 6.66. The van der Waals surface area contributed by atoms with Gasteiger partial charge >= 0.3 is 12.1 Å². The zero-order valence-corrected chi connectivity index (χ0v) is 13.0. The fraction of sp³-hybridized carbons (Fsp3) is 0.692. The summed E-state index contributed by atoms with van der Waals surface area (Å²) >= 11 is 0. The molecule has 0 aliphatic carbocycles. The van der Waals surface area contributed by atoms with Crippen LogP contribution in [-0.4, -0.2) is 72.3 Å². The SMILES string of the molecule is C=CCOC(=O)N1CCC[C@@H]1CN1CCC(C(=O)O)S1(=O)=O. The van der Waals surface area contributed by atoms with Crippen LogP contribution in [0.3, 0.4) is 0 Å². The number of carboxylic acids is 1. The van der Waals surface area contributed by atoms with Gasteiger partial charge in [-0.2, -0.15) is 4.31 Å². The van der Waals surface area contributed by atoms with Crippen LogP contribution < -0.4 is 0 Å². The first-order chi connectivity index (χ1) is 10.4. The van der Waals surface area contributed by atoms with Crippen LogP contribution >= 0.6 is 0 Å². The molecule has 1 unspecified atom stereocenters. The van der Waals surface area contributed by atoms with Gasteiger partial charge in [-0.25, -0.2) is 13.2 Å². The van der Waals surface area contributed by atoms with Gasteiger partial charge in [0.05, 0.1) is 0 Å². The van der Waals surface area contributed by atoms with Gasteiger partial charge in [-0.15, -0.1) is 0 Å². The number of hydrogen-bond acceptors (Lipinski definition) is 5. The number of ether oxygens (including phenoxy) is 1. The number of nitrogens with zero attached hydrogens (tertiary/aromatic N) is 2. The van der Waals surface area contributed by atoms with E-state index in [1.165, 1.54) is 15.3 Å². The molecule has 2 heterocycles. The summed E-state index contributed by atoms with van der Waals surface area (Å²) in [5, 5.41) is 7.59. The number of rotatable bonds is 5. The molecule has 0 bridgehead atoms. The van der Waals surface area contributed by atoms with Crippen LogP contribution in [0, 0.1) is 0 Å². The number of carboxylic acid groups (broad SMARTS) is 1. The van der Waals surface area contributed by atoms with E-state index in [1.807, 2.05) is 0 Å². The Labute approximate surface area is 129 Å². The Morgan fingerprint density at radius 2 is 2.05 bits per heavy atom. The fourth-order valence-electron chi connectivity index (χ4n) is 2.88. The first-order valence-electron chi connectivity index (χ1n) is 7.14. The van der Waals surface area contributed by atoms with Crippen LogP contribution in [0.4, 0.5) is 4.79 Å². The molecule has 2 saturated heterocycles. The molecule has 0 aromatic heterocycles. The van der Waals surface area contributed by atoms with E-state index >= 15 is 0 Å². The zero-order valence-electron chi connectivity index (χ0n) is 12.2. The van der Waals surface area contributed by atoms with E-state index in [0.717, 1.165) is 6.42 Å². The summed E-state index contributed by atoms with van der Waals surface area (Å²) < 4.78 is 30.5. The highest BCUT2D eigenvalue weighted by molar-refractivity contribution is 7.90. The largest absolute Gasteiger partial charge is 0.480 e. The van der Waals surface area contributed by atoms with Crippen LogP contribution in [0.25, 0.3) is 0 Å². The van der Waals surface area contributed by atoms with Gasteiger partial charge < -0.3 is 14.7 Å². The third-order valence-corrected chi connectivity index (χ3v) is 6.19. The predicted molar refractivity (Wildman–Crippen MR) is 77.8 cm³/mol. The Morgan fingerprint density at radius 3 is 2.64 bits per heavy atom. The molecule has 22 heavy (non-hydrogen) atoms. The Balaban J connectivity index is 2.02. The second-order valence-electron chi connectivity index (χ2n) is 5.37. The van der Waals surface area contributed by atoms with E-state index in [4.69, 9.17) is 9.84 Å². The second-order valence-corrected chi connectivity index (χ2v) is 7.49. The van der Waals surface area contributed by atoms with E-state index in [1.54, 1.807) is 0 Å². The minimum Gasteiger partial charge on any atom is -0.480 e. The van der Waals surface area contributed by atoms with Crippen molar-refractivity contribution >= 4 is 22.1 Å². The summed E-state index contributed by atoms with van der Waals surface area (Å²) in [7, 11) is -3.84. The molecule has 8 nitrogen and oxygen atoms in total. The van der Waals surface area contributed by atoms with E-state index in [2.05, 4.69) is 6.58 Å². The maximum absolute atomic E-state index is 12.2. The number of carbonyl (C=O) groups excluding carboxylic acids is 1. The van der Waals surface area contributed by atoms with Crippen molar-refractivity contribution in [2.75, 3.05) is 26.2 Å². The van der Waals surface area contributed by atoms with Crippen LogP contribution in [0.1, 0.15) is 19.3 Å². The third kappa shape index (κ3) is 3.25. The molecule has 0 aromatic carbocycles. The van der Waals surface area contributed by atoms with E-state index in [0.29, 0.717) is 13.0 Å². The lowest BCUT2D eigenvalue weighted by Gasteiger charge is -2.27. The van der Waals surface area contributed by atoms with E-state index < -0.39 is 27.3 Å². The highest BCUT2D eigenvalue weighted by atomic mass is 32.2. The van der Waals surface area contributed by atoms with Crippen molar-refractivity contribution in [3.63, 3.8) is 0 Å². The number of amides is 1. The summed E-state index contributed by atoms with van der Waals surface area (Å²) in [4.78, 5) is 24.4. The monoisotopic (exact) mass is 332 g/mol. The maximum atomic E-state index is 12.2. The first-order valence-corrected chi connectivity index (χ1v) is 8.64. The van der Waals surface area contributed by atoms with Gasteiger partial charge in [0.1, 0.15) is 6.61 Å². The highest BCUT2D eigenvalue weighted by Gasteiger charge is 2.45. The molecule has 2 rings (SSSR count). The predicted octanol–water partition coefficient (Wildman–Crippen LogP) is 0.262. The van der Waals surface area contributed by atoms with Gasteiger partial charge in [0.15, 0.2) is 5.25 Å². The van der Waals surface area contributed by atoms with Gasteiger partial charge in [-0.05, 0) is 19.3 Å². The van der Waals surface area contributed by atoms with Crippen molar-refractivity contribution in [3.8, 4) is 0 Å². The van der Waals surface area contributed by atoms with E-state index in [-0.39, 0.29) is 32.2 Å². The van der Waals surface area contributed by atoms with E-state index in [9.17, 15) is 18.0 Å². The molecule has 2 fully saturated rings. The molecule has 2 atom stereocenters. The van der Waals surface area contributed by atoms with Gasteiger partial charge in [0, 0.05) is 25.7 Å². The molecule has 1 amide bonds. The molecule has 9 heteroatoms. The maximum Gasteiger partial charge on any atom is 0.410 e. The van der Waals surface area contributed by atoms with Crippen LogP contribution in [0.2, 0.25) is 0 Å². The van der Waals surface area contributed by atoms with Crippen molar-refractivity contribution in [2.45, 2.75) is 30.6 Å². The van der Waals surface area contributed by atoms with Crippen molar-refractivity contribution in [1.82, 2.24) is 9.21 Å². The Hall–Kier alpha value is -1.61. The highest BCUT2D eigenvalue weighted by Crippen LogP contribution is 2.26. The number of carbonyl (C=O) groups is 2. The number of sulfonamides is 1. The molecule has 0 spiro atoms. The van der Waals surface area contributed by atoms with Gasteiger partial charge in [-0.3, -0.25) is 4.79 Å². The molecule has 124 valence electrons. The summed E-state index contributed by atoms with van der Waals surface area (Å²) in [5.41, 5.74) is 0. The normalized spacial score (nSPS) is 27.7. The Morgan fingerprint density at radius 1 is 1.32 bits per heavy atom. The zero-order chi connectivity index (χ0) is 16.3. The lowest BCUT2D eigenvalue weighted by atomic mass is 10.2. The lowest BCUT2D eigenvalue weighted by Crippen LogP contribution is -2.45. The van der Waals surface area contributed by atoms with Crippen molar-refractivity contribution in [3.05, 3.63) is 12.7 Å².